The number of anilines is 1. The Hall–Kier alpha value is -2.80. The minimum Gasteiger partial charge on any atom is -0.495 e. The molecule has 0 radical (unpaired) electrons. The maximum absolute atomic E-state index is 12.7. The van der Waals surface area contributed by atoms with Gasteiger partial charge in [-0.2, -0.15) is 0 Å². The van der Waals surface area contributed by atoms with E-state index in [2.05, 4.69) is 4.98 Å². The minimum absolute atomic E-state index is 0.0752. The van der Waals surface area contributed by atoms with Crippen LogP contribution in [0.1, 0.15) is 20.7 Å². The van der Waals surface area contributed by atoms with Crippen molar-refractivity contribution in [3.8, 4) is 5.75 Å². The standard InChI is InChI=1S/C18H18ClN3O4/c1-26-15-10-12(2-4-14(15)19)17(23)22-8-6-21(7-9-22)16-5-3-13(11-20-16)18(24)25/h2-5,10-11H,6-9H2,1H3,(H,24,25). The van der Waals surface area contributed by atoms with Gasteiger partial charge in [0.1, 0.15) is 11.6 Å². The molecule has 2 aromatic rings. The zero-order valence-electron chi connectivity index (χ0n) is 14.2. The van der Waals surface area contributed by atoms with Gasteiger partial charge in [-0.25, -0.2) is 9.78 Å². The quantitative estimate of drug-likeness (QED) is 0.883. The van der Waals surface area contributed by atoms with Crippen molar-refractivity contribution in [1.82, 2.24) is 9.88 Å². The Morgan fingerprint density at radius 3 is 2.38 bits per heavy atom. The number of halogens is 1. The van der Waals surface area contributed by atoms with Crippen molar-refractivity contribution in [2.45, 2.75) is 0 Å². The Kier molecular flexibility index (Phi) is 5.27. The number of rotatable bonds is 4. The number of pyridine rings is 1. The summed E-state index contributed by atoms with van der Waals surface area (Å²) in [4.78, 5) is 31.6. The molecule has 1 fully saturated rings. The van der Waals surface area contributed by atoms with E-state index in [9.17, 15) is 9.59 Å². The zero-order chi connectivity index (χ0) is 18.7. The molecule has 1 aliphatic rings. The molecule has 136 valence electrons. The Balaban J connectivity index is 1.64. The molecule has 7 nitrogen and oxygen atoms in total. The number of methoxy groups -OCH3 is 1. The molecule has 1 aliphatic heterocycles. The van der Waals surface area contributed by atoms with Crippen LogP contribution in [0.4, 0.5) is 5.82 Å². The van der Waals surface area contributed by atoms with Gasteiger partial charge in [-0.05, 0) is 30.3 Å². The molecule has 26 heavy (non-hydrogen) atoms. The van der Waals surface area contributed by atoms with Gasteiger partial charge in [-0.1, -0.05) is 11.6 Å². The molecule has 8 heteroatoms. The molecule has 0 spiro atoms. The average molecular weight is 376 g/mol. The number of carboxylic acid groups (broad SMARTS) is 1. The van der Waals surface area contributed by atoms with Gasteiger partial charge < -0.3 is 19.6 Å². The van der Waals surface area contributed by atoms with Gasteiger partial charge in [0.2, 0.25) is 0 Å². The van der Waals surface area contributed by atoms with Crippen LogP contribution in [-0.4, -0.2) is 60.2 Å². The van der Waals surface area contributed by atoms with Crippen molar-refractivity contribution >= 4 is 29.3 Å². The lowest BCUT2D eigenvalue weighted by Crippen LogP contribution is -2.49. The third-order valence-corrected chi connectivity index (χ3v) is 4.60. The smallest absolute Gasteiger partial charge is 0.337 e. The van der Waals surface area contributed by atoms with Gasteiger partial charge in [0.05, 0.1) is 17.7 Å². The van der Waals surface area contributed by atoms with Crippen LogP contribution < -0.4 is 9.64 Å². The van der Waals surface area contributed by atoms with Crippen molar-refractivity contribution in [2.24, 2.45) is 0 Å². The third-order valence-electron chi connectivity index (χ3n) is 4.28. The number of hydrogen-bond donors (Lipinski definition) is 1. The predicted molar refractivity (Wildman–Crippen MR) is 97.3 cm³/mol. The SMILES string of the molecule is COc1cc(C(=O)N2CCN(c3ccc(C(=O)O)cn3)CC2)ccc1Cl. The molecule has 1 saturated heterocycles. The number of aromatic nitrogens is 1. The first-order valence-electron chi connectivity index (χ1n) is 8.06. The highest BCUT2D eigenvalue weighted by molar-refractivity contribution is 6.32. The van der Waals surface area contributed by atoms with E-state index in [1.54, 1.807) is 29.2 Å². The summed E-state index contributed by atoms with van der Waals surface area (Å²) < 4.78 is 5.16. The van der Waals surface area contributed by atoms with Gasteiger partial charge in [-0.3, -0.25) is 4.79 Å². The summed E-state index contributed by atoms with van der Waals surface area (Å²) in [6.45, 7) is 2.34. The number of carbonyl (C=O) groups is 2. The van der Waals surface area contributed by atoms with E-state index in [0.29, 0.717) is 48.3 Å². The number of nitrogens with zero attached hydrogens (tertiary/aromatic N) is 3. The summed E-state index contributed by atoms with van der Waals surface area (Å²) >= 11 is 6.00. The van der Waals surface area contributed by atoms with E-state index < -0.39 is 5.97 Å². The number of carbonyl (C=O) groups excluding carboxylic acids is 1. The summed E-state index contributed by atoms with van der Waals surface area (Å²) in [5.41, 5.74) is 0.683. The lowest BCUT2D eigenvalue weighted by molar-refractivity contribution is 0.0694. The monoisotopic (exact) mass is 375 g/mol. The highest BCUT2D eigenvalue weighted by Crippen LogP contribution is 2.26. The molecule has 2 heterocycles. The molecular formula is C18H18ClN3O4. The van der Waals surface area contributed by atoms with E-state index in [4.69, 9.17) is 21.4 Å². The number of aromatic carboxylic acids is 1. The number of piperazine rings is 1. The first kappa shape index (κ1) is 18.0. The summed E-state index contributed by atoms with van der Waals surface area (Å²) in [6, 6.07) is 8.19. The average Bonchev–Trinajstić information content (AvgIpc) is 2.68. The molecule has 0 aliphatic carbocycles. The molecule has 0 unspecified atom stereocenters. The van der Waals surface area contributed by atoms with E-state index in [1.165, 1.54) is 19.4 Å². The van der Waals surface area contributed by atoms with Crippen LogP contribution in [0.3, 0.4) is 0 Å². The van der Waals surface area contributed by atoms with Crippen LogP contribution in [-0.2, 0) is 0 Å². The number of benzene rings is 1. The fourth-order valence-corrected chi connectivity index (χ4v) is 3.01. The van der Waals surface area contributed by atoms with Crippen molar-refractivity contribution in [3.05, 3.63) is 52.7 Å². The first-order valence-corrected chi connectivity index (χ1v) is 8.44. The molecule has 0 atom stereocenters. The fraction of sp³-hybridized carbons (Fsp3) is 0.278. The van der Waals surface area contributed by atoms with Crippen LogP contribution >= 0.6 is 11.6 Å². The minimum atomic E-state index is -1.00. The van der Waals surface area contributed by atoms with Crippen LogP contribution in [0.5, 0.6) is 5.75 Å². The molecule has 0 bridgehead atoms. The Bertz CT molecular complexity index is 818. The van der Waals surface area contributed by atoms with Crippen LogP contribution in [0.25, 0.3) is 0 Å². The fourth-order valence-electron chi connectivity index (χ4n) is 2.81. The lowest BCUT2D eigenvalue weighted by atomic mass is 10.1. The van der Waals surface area contributed by atoms with Gasteiger partial charge >= 0.3 is 5.97 Å². The van der Waals surface area contributed by atoms with Gasteiger partial charge in [0.25, 0.3) is 5.91 Å². The van der Waals surface area contributed by atoms with Crippen molar-refractivity contribution in [1.29, 1.82) is 0 Å². The first-order chi connectivity index (χ1) is 12.5. The maximum atomic E-state index is 12.7. The van der Waals surface area contributed by atoms with Gasteiger partial charge in [0.15, 0.2) is 0 Å². The molecule has 1 N–H and O–H groups in total. The van der Waals surface area contributed by atoms with Crippen molar-refractivity contribution < 1.29 is 19.4 Å². The Morgan fingerprint density at radius 1 is 1.12 bits per heavy atom. The van der Waals surface area contributed by atoms with Crippen molar-refractivity contribution in [2.75, 3.05) is 38.2 Å². The maximum Gasteiger partial charge on any atom is 0.337 e. The Labute approximate surface area is 155 Å². The second-order valence-corrected chi connectivity index (χ2v) is 6.25. The van der Waals surface area contributed by atoms with Crippen LogP contribution in [0.2, 0.25) is 5.02 Å². The molecule has 1 aromatic carbocycles. The highest BCUT2D eigenvalue weighted by Gasteiger charge is 2.23. The summed E-state index contributed by atoms with van der Waals surface area (Å²) in [5, 5.41) is 9.39. The molecular weight excluding hydrogens is 358 g/mol. The lowest BCUT2D eigenvalue weighted by Gasteiger charge is -2.35. The number of hydrogen-bond acceptors (Lipinski definition) is 5. The topological polar surface area (TPSA) is 83.0 Å². The van der Waals surface area contributed by atoms with E-state index >= 15 is 0 Å². The Morgan fingerprint density at radius 2 is 1.81 bits per heavy atom. The van der Waals surface area contributed by atoms with E-state index in [-0.39, 0.29) is 11.5 Å². The summed E-state index contributed by atoms with van der Waals surface area (Å²) in [7, 11) is 1.51. The molecule has 0 saturated carbocycles. The highest BCUT2D eigenvalue weighted by atomic mass is 35.5. The molecule has 1 amide bonds. The van der Waals surface area contributed by atoms with Crippen LogP contribution in [0.15, 0.2) is 36.5 Å². The predicted octanol–water partition coefficient (Wildman–Crippen LogP) is 2.40. The second kappa shape index (κ2) is 7.61. The third kappa shape index (κ3) is 3.72. The summed E-state index contributed by atoms with van der Waals surface area (Å²) in [5.74, 6) is 0.0980. The number of amides is 1. The normalized spacial score (nSPS) is 14.2. The van der Waals surface area contributed by atoms with E-state index in [1.807, 2.05) is 4.90 Å². The largest absolute Gasteiger partial charge is 0.495 e. The molecule has 1 aromatic heterocycles. The van der Waals surface area contributed by atoms with E-state index in [0.717, 1.165) is 0 Å². The molecule has 3 rings (SSSR count). The van der Waals surface area contributed by atoms with Crippen LogP contribution in [0, 0.1) is 0 Å². The second-order valence-electron chi connectivity index (χ2n) is 5.84. The summed E-state index contributed by atoms with van der Waals surface area (Å²) in [6.07, 6.45) is 1.34. The number of ether oxygens (including phenoxy) is 1. The number of carboxylic acids is 1. The van der Waals surface area contributed by atoms with Gasteiger partial charge in [0, 0.05) is 37.9 Å². The zero-order valence-corrected chi connectivity index (χ0v) is 14.9. The van der Waals surface area contributed by atoms with Gasteiger partial charge in [-0.15, -0.1) is 0 Å². The van der Waals surface area contributed by atoms with Crippen molar-refractivity contribution in [3.63, 3.8) is 0 Å².